The molecule has 0 spiro atoms. The highest BCUT2D eigenvalue weighted by molar-refractivity contribution is 5.95. The molecule has 2 aromatic carbocycles. The van der Waals surface area contributed by atoms with E-state index >= 15 is 0 Å². The third-order valence-corrected chi connectivity index (χ3v) is 3.83. The van der Waals surface area contributed by atoms with E-state index in [1.54, 1.807) is 36.4 Å². The Bertz CT molecular complexity index is 654. The molecule has 0 aromatic heterocycles. The first-order chi connectivity index (χ1) is 11.1. The molecule has 0 aliphatic carbocycles. The summed E-state index contributed by atoms with van der Waals surface area (Å²) < 4.78 is 18.8. The SMILES string of the molecule is CCCCCCC(F)COC(=O)c1ccc2cc(O)ccc2c1. The number of fused-ring (bicyclic) bond motifs is 1. The number of phenols is 1. The van der Waals surface area contributed by atoms with Crippen molar-refractivity contribution in [3.8, 4) is 5.75 Å². The highest BCUT2D eigenvalue weighted by Gasteiger charge is 2.12. The summed E-state index contributed by atoms with van der Waals surface area (Å²) in [4.78, 5) is 12.0. The Morgan fingerprint density at radius 1 is 1.13 bits per heavy atom. The molecule has 0 radical (unpaired) electrons. The molecule has 3 nitrogen and oxygen atoms in total. The predicted molar refractivity (Wildman–Crippen MR) is 89.6 cm³/mol. The third kappa shape index (κ3) is 5.23. The van der Waals surface area contributed by atoms with E-state index in [0.29, 0.717) is 12.0 Å². The molecule has 1 N–H and O–H groups in total. The van der Waals surface area contributed by atoms with Crippen molar-refractivity contribution in [1.29, 1.82) is 0 Å². The molecular formula is C19H23FO3. The van der Waals surface area contributed by atoms with Crippen molar-refractivity contribution in [3.05, 3.63) is 42.0 Å². The van der Waals surface area contributed by atoms with Crippen molar-refractivity contribution in [1.82, 2.24) is 0 Å². The molecular weight excluding hydrogens is 295 g/mol. The lowest BCUT2D eigenvalue weighted by molar-refractivity contribution is 0.0389. The smallest absolute Gasteiger partial charge is 0.338 e. The normalized spacial score (nSPS) is 12.3. The molecule has 1 atom stereocenters. The van der Waals surface area contributed by atoms with E-state index in [2.05, 4.69) is 6.92 Å². The van der Waals surface area contributed by atoms with Gasteiger partial charge in [-0.2, -0.15) is 0 Å². The fourth-order valence-corrected chi connectivity index (χ4v) is 2.49. The molecule has 0 heterocycles. The highest BCUT2D eigenvalue weighted by atomic mass is 19.1. The third-order valence-electron chi connectivity index (χ3n) is 3.83. The van der Waals surface area contributed by atoms with E-state index in [-0.39, 0.29) is 12.4 Å². The average molecular weight is 318 g/mol. The quantitative estimate of drug-likeness (QED) is 0.549. The summed E-state index contributed by atoms with van der Waals surface area (Å²) >= 11 is 0. The van der Waals surface area contributed by atoms with Gasteiger partial charge in [-0.05, 0) is 41.5 Å². The lowest BCUT2D eigenvalue weighted by Crippen LogP contribution is -2.15. The van der Waals surface area contributed by atoms with Gasteiger partial charge in [-0.1, -0.05) is 44.7 Å². The van der Waals surface area contributed by atoms with Gasteiger partial charge in [0, 0.05) is 0 Å². The summed E-state index contributed by atoms with van der Waals surface area (Å²) in [5.41, 5.74) is 0.390. The number of phenolic OH excluding ortho intramolecular Hbond substituents is 1. The Labute approximate surface area is 136 Å². The molecule has 0 bridgehead atoms. The van der Waals surface area contributed by atoms with Crippen LogP contribution >= 0.6 is 0 Å². The second-order valence-corrected chi connectivity index (χ2v) is 5.79. The summed E-state index contributed by atoms with van der Waals surface area (Å²) in [5.74, 6) is -0.340. The summed E-state index contributed by atoms with van der Waals surface area (Å²) in [6.07, 6.45) is 3.40. The van der Waals surface area contributed by atoms with Gasteiger partial charge in [0.2, 0.25) is 0 Å². The first-order valence-electron chi connectivity index (χ1n) is 8.14. The molecule has 4 heteroatoms. The minimum atomic E-state index is -1.10. The average Bonchev–Trinajstić information content (AvgIpc) is 2.56. The van der Waals surface area contributed by atoms with Crippen LogP contribution in [0.15, 0.2) is 36.4 Å². The van der Waals surface area contributed by atoms with Crippen LogP contribution in [0.1, 0.15) is 49.4 Å². The topological polar surface area (TPSA) is 46.5 Å². The lowest BCUT2D eigenvalue weighted by atomic mass is 10.1. The molecule has 0 aliphatic rings. The van der Waals surface area contributed by atoms with Crippen molar-refractivity contribution in [3.63, 3.8) is 0 Å². The maximum Gasteiger partial charge on any atom is 0.338 e. The number of hydrogen-bond acceptors (Lipinski definition) is 3. The number of unbranched alkanes of at least 4 members (excludes halogenated alkanes) is 3. The van der Waals surface area contributed by atoms with Crippen LogP contribution < -0.4 is 0 Å². The van der Waals surface area contributed by atoms with Gasteiger partial charge in [-0.25, -0.2) is 9.18 Å². The number of carbonyl (C=O) groups excluding carboxylic acids is 1. The number of hydrogen-bond donors (Lipinski definition) is 1. The number of alkyl halides is 1. The minimum absolute atomic E-state index is 0.177. The standard InChI is InChI=1S/C19H23FO3/c1-2-3-4-5-6-17(20)13-23-19(22)16-8-7-15-12-18(21)10-9-14(15)11-16/h7-12,17,21H,2-6,13H2,1H3. The van der Waals surface area contributed by atoms with Gasteiger partial charge in [0.15, 0.2) is 0 Å². The highest BCUT2D eigenvalue weighted by Crippen LogP contribution is 2.21. The number of esters is 1. The van der Waals surface area contributed by atoms with E-state index < -0.39 is 12.1 Å². The van der Waals surface area contributed by atoms with Gasteiger partial charge >= 0.3 is 5.97 Å². The molecule has 1 unspecified atom stereocenters. The second kappa shape index (κ2) is 8.51. The molecule has 2 rings (SSSR count). The van der Waals surface area contributed by atoms with E-state index in [4.69, 9.17) is 4.74 Å². The molecule has 0 aliphatic heterocycles. The van der Waals surface area contributed by atoms with Crippen molar-refractivity contribution in [2.45, 2.75) is 45.2 Å². The van der Waals surface area contributed by atoms with Crippen LogP contribution in [0, 0.1) is 0 Å². The van der Waals surface area contributed by atoms with E-state index in [1.165, 1.54) is 0 Å². The molecule has 0 amide bonds. The zero-order valence-electron chi connectivity index (χ0n) is 13.4. The number of aromatic hydroxyl groups is 1. The first-order valence-corrected chi connectivity index (χ1v) is 8.14. The molecule has 124 valence electrons. The van der Waals surface area contributed by atoms with Crippen LogP contribution in [-0.2, 0) is 4.74 Å². The van der Waals surface area contributed by atoms with Crippen LogP contribution in [0.25, 0.3) is 10.8 Å². The van der Waals surface area contributed by atoms with Gasteiger partial charge in [0.1, 0.15) is 18.5 Å². The summed E-state index contributed by atoms with van der Waals surface area (Å²) in [7, 11) is 0. The van der Waals surface area contributed by atoms with Crippen molar-refractivity contribution >= 4 is 16.7 Å². The number of ether oxygens (including phenoxy) is 1. The molecule has 23 heavy (non-hydrogen) atoms. The summed E-state index contributed by atoms with van der Waals surface area (Å²) in [6, 6.07) is 9.96. The maximum absolute atomic E-state index is 13.7. The largest absolute Gasteiger partial charge is 0.508 e. The summed E-state index contributed by atoms with van der Waals surface area (Å²) in [6.45, 7) is 1.91. The molecule has 0 fully saturated rings. The van der Waals surface area contributed by atoms with Crippen molar-refractivity contribution in [2.75, 3.05) is 6.61 Å². The van der Waals surface area contributed by atoms with Gasteiger partial charge < -0.3 is 9.84 Å². The van der Waals surface area contributed by atoms with Gasteiger partial charge in [-0.15, -0.1) is 0 Å². The Morgan fingerprint density at radius 2 is 1.87 bits per heavy atom. The Morgan fingerprint density at radius 3 is 2.65 bits per heavy atom. The lowest BCUT2D eigenvalue weighted by Gasteiger charge is -2.10. The zero-order valence-corrected chi connectivity index (χ0v) is 13.4. The van der Waals surface area contributed by atoms with Crippen LogP contribution in [0.3, 0.4) is 0 Å². The first kappa shape index (κ1) is 17.3. The van der Waals surface area contributed by atoms with Crippen LogP contribution in [0.2, 0.25) is 0 Å². The Kier molecular flexibility index (Phi) is 6.39. The van der Waals surface area contributed by atoms with Crippen LogP contribution in [0.5, 0.6) is 5.75 Å². The van der Waals surface area contributed by atoms with E-state index in [1.807, 2.05) is 0 Å². The van der Waals surface area contributed by atoms with Crippen LogP contribution in [-0.4, -0.2) is 23.9 Å². The fourth-order valence-electron chi connectivity index (χ4n) is 2.49. The van der Waals surface area contributed by atoms with Crippen LogP contribution in [0.4, 0.5) is 4.39 Å². The maximum atomic E-state index is 13.7. The van der Waals surface area contributed by atoms with Gasteiger partial charge in [-0.3, -0.25) is 0 Å². The number of halogens is 1. The van der Waals surface area contributed by atoms with Crippen molar-refractivity contribution in [2.24, 2.45) is 0 Å². The van der Waals surface area contributed by atoms with Gasteiger partial charge in [0.05, 0.1) is 5.56 Å². The number of rotatable bonds is 8. The Balaban J connectivity index is 1.87. The second-order valence-electron chi connectivity index (χ2n) is 5.79. The van der Waals surface area contributed by atoms with E-state index in [0.717, 1.165) is 36.5 Å². The molecule has 0 saturated carbocycles. The van der Waals surface area contributed by atoms with Crippen molar-refractivity contribution < 1.29 is 19.0 Å². The zero-order chi connectivity index (χ0) is 16.7. The van der Waals surface area contributed by atoms with E-state index in [9.17, 15) is 14.3 Å². The summed E-state index contributed by atoms with van der Waals surface area (Å²) in [5, 5.41) is 11.1. The van der Waals surface area contributed by atoms with Gasteiger partial charge in [0.25, 0.3) is 0 Å². The predicted octanol–water partition coefficient (Wildman–Crippen LogP) is 5.01. The fraction of sp³-hybridized carbons (Fsp3) is 0.421. The number of benzene rings is 2. The minimum Gasteiger partial charge on any atom is -0.508 e. The molecule has 2 aromatic rings. The monoisotopic (exact) mass is 318 g/mol. The molecule has 0 saturated heterocycles. The number of carbonyl (C=O) groups is 1. The Hall–Kier alpha value is -2.10.